The Bertz CT molecular complexity index is 371. The first kappa shape index (κ1) is 12.1. The number of H-pyrrole nitrogens is 1. The normalized spacial score (nSPS) is 20.2. The molecule has 0 spiro atoms. The van der Waals surface area contributed by atoms with E-state index in [-0.39, 0.29) is 12.0 Å². The van der Waals surface area contributed by atoms with Gasteiger partial charge in [0.2, 0.25) is 5.91 Å². The Morgan fingerprint density at radius 2 is 2.59 bits per heavy atom. The molecule has 1 aliphatic rings. The van der Waals surface area contributed by atoms with Crippen LogP contribution in [0.2, 0.25) is 0 Å². The van der Waals surface area contributed by atoms with Crippen molar-refractivity contribution in [2.75, 3.05) is 19.7 Å². The van der Waals surface area contributed by atoms with Gasteiger partial charge >= 0.3 is 0 Å². The lowest BCUT2D eigenvalue weighted by Gasteiger charge is -2.23. The molecule has 1 saturated heterocycles. The van der Waals surface area contributed by atoms with E-state index < -0.39 is 0 Å². The fraction of sp³-hybridized carbons (Fsp3) is 0.636. The number of morpholine rings is 1. The summed E-state index contributed by atoms with van der Waals surface area (Å²) in [6, 6.07) is 0. The van der Waals surface area contributed by atoms with E-state index in [1.807, 2.05) is 6.92 Å². The van der Waals surface area contributed by atoms with Gasteiger partial charge in [-0.2, -0.15) is 5.10 Å². The second-order valence-corrected chi connectivity index (χ2v) is 4.20. The quantitative estimate of drug-likeness (QED) is 0.673. The van der Waals surface area contributed by atoms with Gasteiger partial charge in [-0.3, -0.25) is 9.89 Å². The number of nitrogens with zero attached hydrogens (tertiary/aromatic N) is 1. The highest BCUT2D eigenvalue weighted by molar-refractivity contribution is 5.76. The molecule has 0 saturated carbocycles. The zero-order valence-electron chi connectivity index (χ0n) is 9.95. The predicted octanol–water partition coefficient (Wildman–Crippen LogP) is -0.287. The van der Waals surface area contributed by atoms with Crippen LogP contribution in [-0.2, 0) is 16.1 Å². The number of amides is 1. The van der Waals surface area contributed by atoms with Crippen LogP contribution < -0.4 is 10.6 Å². The molecule has 1 atom stereocenters. The molecule has 6 heteroatoms. The second kappa shape index (κ2) is 5.79. The molecule has 1 aliphatic heterocycles. The van der Waals surface area contributed by atoms with Crippen molar-refractivity contribution >= 4 is 5.91 Å². The van der Waals surface area contributed by atoms with Gasteiger partial charge in [-0.25, -0.2) is 0 Å². The summed E-state index contributed by atoms with van der Waals surface area (Å²) in [7, 11) is 0. The van der Waals surface area contributed by atoms with E-state index in [4.69, 9.17) is 4.74 Å². The molecule has 1 aromatic heterocycles. The molecule has 1 aromatic rings. The van der Waals surface area contributed by atoms with Gasteiger partial charge < -0.3 is 15.4 Å². The number of hydrogen-bond acceptors (Lipinski definition) is 4. The fourth-order valence-electron chi connectivity index (χ4n) is 1.78. The summed E-state index contributed by atoms with van der Waals surface area (Å²) in [6.07, 6.45) is 2.13. The van der Waals surface area contributed by atoms with Crippen LogP contribution in [0.1, 0.15) is 17.7 Å². The maximum Gasteiger partial charge on any atom is 0.222 e. The van der Waals surface area contributed by atoms with E-state index in [0.717, 1.165) is 24.3 Å². The molecule has 3 N–H and O–H groups in total. The summed E-state index contributed by atoms with van der Waals surface area (Å²) in [5, 5.41) is 12.8. The Balaban J connectivity index is 1.72. The number of nitrogens with one attached hydrogen (secondary N) is 3. The fourth-order valence-corrected chi connectivity index (χ4v) is 1.78. The zero-order chi connectivity index (χ0) is 12.1. The van der Waals surface area contributed by atoms with Gasteiger partial charge in [-0.05, 0) is 6.92 Å². The van der Waals surface area contributed by atoms with Crippen molar-refractivity contribution in [1.29, 1.82) is 0 Å². The number of carbonyl (C=O) groups excluding carboxylic acids is 1. The van der Waals surface area contributed by atoms with E-state index >= 15 is 0 Å². The lowest BCUT2D eigenvalue weighted by Crippen LogP contribution is -2.41. The van der Waals surface area contributed by atoms with Crippen LogP contribution in [0.5, 0.6) is 0 Å². The second-order valence-electron chi connectivity index (χ2n) is 4.20. The number of hydrogen-bond donors (Lipinski definition) is 3. The van der Waals surface area contributed by atoms with Crippen LogP contribution in [0.15, 0.2) is 6.20 Å². The monoisotopic (exact) mass is 238 g/mol. The lowest BCUT2D eigenvalue weighted by atomic mass is 10.2. The molecule has 1 amide bonds. The topological polar surface area (TPSA) is 79.0 Å². The molecule has 2 rings (SSSR count). The molecule has 0 aliphatic carbocycles. The summed E-state index contributed by atoms with van der Waals surface area (Å²) in [4.78, 5) is 11.7. The summed E-state index contributed by atoms with van der Waals surface area (Å²) in [6.45, 7) is 4.74. The van der Waals surface area contributed by atoms with Gasteiger partial charge in [0.25, 0.3) is 0 Å². The first-order chi connectivity index (χ1) is 8.25. The average molecular weight is 238 g/mol. The Kier molecular flexibility index (Phi) is 4.11. The van der Waals surface area contributed by atoms with Gasteiger partial charge in [0.05, 0.1) is 25.3 Å². The first-order valence-electron chi connectivity index (χ1n) is 5.83. The third-order valence-electron chi connectivity index (χ3n) is 2.83. The largest absolute Gasteiger partial charge is 0.375 e. The molecule has 1 fully saturated rings. The molecule has 1 unspecified atom stereocenters. The van der Waals surface area contributed by atoms with Crippen molar-refractivity contribution < 1.29 is 9.53 Å². The summed E-state index contributed by atoms with van der Waals surface area (Å²) in [5.74, 6) is 0.0132. The summed E-state index contributed by atoms with van der Waals surface area (Å²) >= 11 is 0. The Morgan fingerprint density at radius 1 is 1.71 bits per heavy atom. The number of aromatic amines is 1. The van der Waals surface area contributed by atoms with E-state index in [0.29, 0.717) is 19.6 Å². The standard InChI is InChI=1S/C11H18N4O2/c1-8-9(6-14-15-8)5-13-11(16)4-10-7-12-2-3-17-10/h6,10,12H,2-5,7H2,1H3,(H,13,16)(H,14,15). The van der Waals surface area contributed by atoms with Crippen molar-refractivity contribution in [1.82, 2.24) is 20.8 Å². The highest BCUT2D eigenvalue weighted by atomic mass is 16.5. The van der Waals surface area contributed by atoms with Crippen LogP contribution >= 0.6 is 0 Å². The van der Waals surface area contributed by atoms with Crippen molar-refractivity contribution in [2.24, 2.45) is 0 Å². The molecule has 94 valence electrons. The highest BCUT2D eigenvalue weighted by Crippen LogP contribution is 2.04. The molecular weight excluding hydrogens is 220 g/mol. The average Bonchev–Trinajstić information content (AvgIpc) is 2.74. The van der Waals surface area contributed by atoms with Gasteiger partial charge in [0.1, 0.15) is 0 Å². The number of aryl methyl sites for hydroxylation is 1. The van der Waals surface area contributed by atoms with Gasteiger partial charge in [-0.15, -0.1) is 0 Å². The van der Waals surface area contributed by atoms with Crippen LogP contribution in [0.4, 0.5) is 0 Å². The van der Waals surface area contributed by atoms with Gasteiger partial charge in [0, 0.05) is 30.9 Å². The SMILES string of the molecule is Cc1[nH]ncc1CNC(=O)CC1CNCCO1. The van der Waals surface area contributed by atoms with Crippen molar-refractivity contribution in [3.05, 3.63) is 17.5 Å². The molecule has 0 radical (unpaired) electrons. The molecule has 2 heterocycles. The minimum Gasteiger partial charge on any atom is -0.375 e. The van der Waals surface area contributed by atoms with E-state index in [9.17, 15) is 4.79 Å². The molecule has 6 nitrogen and oxygen atoms in total. The van der Waals surface area contributed by atoms with E-state index in [1.54, 1.807) is 6.20 Å². The minimum atomic E-state index is -0.00537. The Morgan fingerprint density at radius 3 is 3.24 bits per heavy atom. The third-order valence-corrected chi connectivity index (χ3v) is 2.83. The third kappa shape index (κ3) is 3.54. The molecule has 0 aromatic carbocycles. The zero-order valence-corrected chi connectivity index (χ0v) is 9.95. The molecule has 0 bridgehead atoms. The Labute approximate surface area is 100 Å². The predicted molar refractivity (Wildman–Crippen MR) is 62.4 cm³/mol. The van der Waals surface area contributed by atoms with Crippen molar-refractivity contribution in [2.45, 2.75) is 26.0 Å². The van der Waals surface area contributed by atoms with Gasteiger partial charge in [0.15, 0.2) is 0 Å². The lowest BCUT2D eigenvalue weighted by molar-refractivity contribution is -0.124. The van der Waals surface area contributed by atoms with Crippen LogP contribution in [0.3, 0.4) is 0 Å². The molecule has 17 heavy (non-hydrogen) atoms. The summed E-state index contributed by atoms with van der Waals surface area (Å²) in [5.41, 5.74) is 2.00. The number of rotatable bonds is 4. The maximum absolute atomic E-state index is 11.7. The van der Waals surface area contributed by atoms with Gasteiger partial charge in [-0.1, -0.05) is 0 Å². The number of ether oxygens (including phenoxy) is 1. The van der Waals surface area contributed by atoms with Crippen LogP contribution in [0, 0.1) is 6.92 Å². The minimum absolute atomic E-state index is 0.00537. The van der Waals surface area contributed by atoms with Crippen molar-refractivity contribution in [3.63, 3.8) is 0 Å². The smallest absolute Gasteiger partial charge is 0.222 e. The van der Waals surface area contributed by atoms with Crippen molar-refractivity contribution in [3.8, 4) is 0 Å². The summed E-state index contributed by atoms with van der Waals surface area (Å²) < 4.78 is 5.47. The maximum atomic E-state index is 11.7. The van der Waals surface area contributed by atoms with E-state index in [1.165, 1.54) is 0 Å². The Hall–Kier alpha value is -1.40. The first-order valence-corrected chi connectivity index (χ1v) is 5.83. The number of carbonyl (C=O) groups is 1. The van der Waals surface area contributed by atoms with E-state index in [2.05, 4.69) is 20.8 Å². The number of aromatic nitrogens is 2. The van der Waals surface area contributed by atoms with Crippen LogP contribution in [-0.4, -0.2) is 41.9 Å². The van der Waals surface area contributed by atoms with Crippen LogP contribution in [0.25, 0.3) is 0 Å². The molecular formula is C11H18N4O2. The highest BCUT2D eigenvalue weighted by Gasteiger charge is 2.17.